The van der Waals surface area contributed by atoms with Crippen molar-refractivity contribution in [1.29, 1.82) is 5.26 Å². The van der Waals surface area contributed by atoms with Crippen molar-refractivity contribution in [1.82, 2.24) is 9.55 Å². The highest BCUT2D eigenvalue weighted by Gasteiger charge is 2.21. The highest BCUT2D eigenvalue weighted by atomic mass is 32.1. The zero-order chi connectivity index (χ0) is 15.1. The quantitative estimate of drug-likeness (QED) is 0.731. The molecule has 1 aliphatic carbocycles. The van der Waals surface area contributed by atoms with E-state index >= 15 is 0 Å². The molecule has 0 spiro atoms. The van der Waals surface area contributed by atoms with Crippen molar-refractivity contribution in [2.45, 2.75) is 25.8 Å². The van der Waals surface area contributed by atoms with Crippen LogP contribution in [-0.4, -0.2) is 9.55 Å². The summed E-state index contributed by atoms with van der Waals surface area (Å²) in [6, 6.07) is 9.41. The van der Waals surface area contributed by atoms with E-state index in [0.29, 0.717) is 12.1 Å². The van der Waals surface area contributed by atoms with E-state index in [1.54, 1.807) is 34.4 Å². The molecule has 0 N–H and O–H groups in total. The van der Waals surface area contributed by atoms with Crippen molar-refractivity contribution >= 4 is 21.6 Å². The molecule has 0 atom stereocenters. The number of hydrogen-bond donors (Lipinski definition) is 0. The van der Waals surface area contributed by atoms with Gasteiger partial charge in [-0.2, -0.15) is 5.26 Å². The van der Waals surface area contributed by atoms with Gasteiger partial charge < -0.3 is 0 Å². The van der Waals surface area contributed by atoms with Crippen molar-refractivity contribution in [3.63, 3.8) is 0 Å². The van der Waals surface area contributed by atoms with E-state index in [1.165, 1.54) is 10.4 Å². The van der Waals surface area contributed by atoms with Crippen LogP contribution >= 0.6 is 11.3 Å². The van der Waals surface area contributed by atoms with E-state index in [9.17, 15) is 4.79 Å². The third-order valence-electron chi connectivity index (χ3n) is 4.13. The van der Waals surface area contributed by atoms with Crippen molar-refractivity contribution in [2.75, 3.05) is 0 Å². The zero-order valence-corrected chi connectivity index (χ0v) is 12.7. The average molecular weight is 307 g/mol. The fourth-order valence-corrected chi connectivity index (χ4v) is 4.23. The van der Waals surface area contributed by atoms with E-state index in [1.807, 2.05) is 12.1 Å². The Balaban J connectivity index is 1.77. The Morgan fingerprint density at radius 1 is 1.27 bits per heavy atom. The third-order valence-corrected chi connectivity index (χ3v) is 5.33. The van der Waals surface area contributed by atoms with Crippen LogP contribution in [0.25, 0.3) is 10.2 Å². The largest absolute Gasteiger partial charge is 0.294 e. The lowest BCUT2D eigenvalue weighted by Gasteiger charge is -2.06. The van der Waals surface area contributed by atoms with Crippen LogP contribution in [0.1, 0.15) is 28.0 Å². The first-order chi connectivity index (χ1) is 10.8. The second-order valence-corrected chi connectivity index (χ2v) is 6.61. The number of nitriles is 1. The molecule has 0 amide bonds. The molecule has 0 unspecified atom stereocenters. The monoisotopic (exact) mass is 307 g/mol. The van der Waals surface area contributed by atoms with Gasteiger partial charge in [-0.05, 0) is 42.5 Å². The molecule has 0 fully saturated rings. The fourth-order valence-electron chi connectivity index (χ4n) is 3.01. The molecular formula is C17H13N3OS. The summed E-state index contributed by atoms with van der Waals surface area (Å²) in [5, 5.41) is 9.65. The molecule has 1 aromatic carbocycles. The van der Waals surface area contributed by atoms with Gasteiger partial charge in [0.1, 0.15) is 4.83 Å². The molecule has 0 bridgehead atoms. The van der Waals surface area contributed by atoms with Crippen LogP contribution in [-0.2, 0) is 19.4 Å². The molecule has 0 radical (unpaired) electrons. The Morgan fingerprint density at radius 3 is 2.86 bits per heavy atom. The van der Waals surface area contributed by atoms with E-state index in [0.717, 1.165) is 35.0 Å². The Hall–Kier alpha value is -2.45. The van der Waals surface area contributed by atoms with Gasteiger partial charge in [-0.1, -0.05) is 12.1 Å². The van der Waals surface area contributed by atoms with E-state index < -0.39 is 0 Å². The normalized spacial score (nSPS) is 13.2. The maximum atomic E-state index is 12.8. The molecular weight excluding hydrogens is 294 g/mol. The van der Waals surface area contributed by atoms with Crippen LogP contribution in [0.2, 0.25) is 0 Å². The summed E-state index contributed by atoms with van der Waals surface area (Å²) in [6.45, 7) is 0.484. The van der Waals surface area contributed by atoms with E-state index in [4.69, 9.17) is 5.26 Å². The average Bonchev–Trinajstić information content (AvgIpc) is 3.11. The first-order valence-corrected chi connectivity index (χ1v) is 8.06. The Morgan fingerprint density at radius 2 is 2.09 bits per heavy atom. The van der Waals surface area contributed by atoms with Gasteiger partial charge in [-0.15, -0.1) is 11.3 Å². The van der Waals surface area contributed by atoms with Gasteiger partial charge in [-0.25, -0.2) is 4.98 Å². The second-order valence-electron chi connectivity index (χ2n) is 5.52. The third kappa shape index (κ3) is 2.04. The summed E-state index contributed by atoms with van der Waals surface area (Å²) in [5.41, 5.74) is 2.88. The molecule has 3 aromatic rings. The summed E-state index contributed by atoms with van der Waals surface area (Å²) in [7, 11) is 0. The van der Waals surface area contributed by atoms with Gasteiger partial charge in [-0.3, -0.25) is 9.36 Å². The smallest absolute Gasteiger partial charge is 0.262 e. The second kappa shape index (κ2) is 5.08. The highest BCUT2D eigenvalue weighted by Crippen LogP contribution is 2.34. The van der Waals surface area contributed by atoms with Crippen LogP contribution in [0.3, 0.4) is 0 Å². The molecule has 2 aromatic heterocycles. The van der Waals surface area contributed by atoms with E-state index in [-0.39, 0.29) is 5.56 Å². The van der Waals surface area contributed by atoms with Crippen LogP contribution in [0.15, 0.2) is 35.4 Å². The van der Waals surface area contributed by atoms with Gasteiger partial charge in [0.15, 0.2) is 0 Å². The van der Waals surface area contributed by atoms with Crippen molar-refractivity contribution < 1.29 is 0 Å². The molecule has 0 saturated heterocycles. The SMILES string of the molecule is N#Cc1ccc(Cn2cnc3sc4c(c3c2=O)CCC4)cc1. The molecule has 22 heavy (non-hydrogen) atoms. The minimum Gasteiger partial charge on any atom is -0.294 e. The van der Waals surface area contributed by atoms with Crippen LogP contribution < -0.4 is 5.56 Å². The minimum absolute atomic E-state index is 0.0498. The molecule has 1 aliphatic rings. The predicted molar refractivity (Wildman–Crippen MR) is 86.2 cm³/mol. The number of aromatic nitrogens is 2. The number of fused-ring (bicyclic) bond motifs is 3. The van der Waals surface area contributed by atoms with Gasteiger partial charge >= 0.3 is 0 Å². The standard InChI is InChI=1S/C17H13N3OS/c18-8-11-4-6-12(7-5-11)9-20-10-19-16-15(17(20)21)13-2-1-3-14(13)22-16/h4-7,10H,1-3,9H2. The molecule has 108 valence electrons. The van der Waals surface area contributed by atoms with E-state index in [2.05, 4.69) is 11.1 Å². The van der Waals surface area contributed by atoms with Crippen molar-refractivity contribution in [3.05, 3.63) is 62.5 Å². The maximum Gasteiger partial charge on any atom is 0.262 e. The first-order valence-electron chi connectivity index (χ1n) is 7.25. The predicted octanol–water partition coefficient (Wildman–Crippen LogP) is 2.87. The van der Waals surface area contributed by atoms with Crippen LogP contribution in [0.5, 0.6) is 0 Å². The molecule has 2 heterocycles. The van der Waals surface area contributed by atoms with Gasteiger partial charge in [0, 0.05) is 4.88 Å². The molecule has 4 rings (SSSR count). The number of thiophene rings is 1. The highest BCUT2D eigenvalue weighted by molar-refractivity contribution is 7.18. The number of benzene rings is 1. The fraction of sp³-hybridized carbons (Fsp3) is 0.235. The van der Waals surface area contributed by atoms with Gasteiger partial charge in [0.05, 0.1) is 29.9 Å². The summed E-state index contributed by atoms with van der Waals surface area (Å²) in [5.74, 6) is 0. The number of hydrogen-bond acceptors (Lipinski definition) is 4. The lowest BCUT2D eigenvalue weighted by molar-refractivity contribution is 0.748. The molecule has 4 nitrogen and oxygen atoms in total. The number of aryl methyl sites for hydroxylation is 2. The van der Waals surface area contributed by atoms with Crippen molar-refractivity contribution in [3.8, 4) is 6.07 Å². The molecule has 5 heteroatoms. The summed E-state index contributed by atoms with van der Waals surface area (Å²) < 4.78 is 1.66. The number of rotatable bonds is 2. The zero-order valence-electron chi connectivity index (χ0n) is 11.9. The summed E-state index contributed by atoms with van der Waals surface area (Å²) >= 11 is 1.66. The lowest BCUT2D eigenvalue weighted by atomic mass is 10.1. The van der Waals surface area contributed by atoms with Crippen LogP contribution in [0, 0.1) is 11.3 Å². The minimum atomic E-state index is 0.0498. The van der Waals surface area contributed by atoms with Gasteiger partial charge in [0.2, 0.25) is 0 Å². The van der Waals surface area contributed by atoms with Gasteiger partial charge in [0.25, 0.3) is 5.56 Å². The molecule has 0 aliphatic heterocycles. The summed E-state index contributed by atoms with van der Waals surface area (Å²) in [4.78, 5) is 19.4. The topological polar surface area (TPSA) is 58.7 Å². The Bertz CT molecular complexity index is 960. The van der Waals surface area contributed by atoms with Crippen LogP contribution in [0.4, 0.5) is 0 Å². The Labute approximate surface area is 131 Å². The summed E-state index contributed by atoms with van der Waals surface area (Å²) in [6.07, 6.45) is 4.84. The molecule has 0 saturated carbocycles. The first kappa shape index (κ1) is 13.2. The lowest BCUT2D eigenvalue weighted by Crippen LogP contribution is -2.21. The Kier molecular flexibility index (Phi) is 3.05. The van der Waals surface area contributed by atoms with Crippen molar-refractivity contribution in [2.24, 2.45) is 0 Å². The number of nitrogens with zero attached hydrogens (tertiary/aromatic N) is 3. The maximum absolute atomic E-state index is 12.8.